The number of rotatable bonds is 7. The Balaban J connectivity index is 2.18. The van der Waals surface area contributed by atoms with Crippen molar-refractivity contribution in [1.82, 2.24) is 14.5 Å². The molecule has 30 heavy (non-hydrogen) atoms. The van der Waals surface area contributed by atoms with Gasteiger partial charge in [-0.3, -0.25) is 14.2 Å². The molecule has 0 aliphatic rings. The highest BCUT2D eigenvalue weighted by Crippen LogP contribution is 2.38. The van der Waals surface area contributed by atoms with Gasteiger partial charge in [-0.15, -0.1) is 11.3 Å². The quantitative estimate of drug-likeness (QED) is 0.364. The van der Waals surface area contributed by atoms with Crippen molar-refractivity contribution in [1.29, 1.82) is 0 Å². The first-order valence-electron chi connectivity index (χ1n) is 10.3. The molecule has 1 unspecified atom stereocenters. The minimum Gasteiger partial charge on any atom is -0.342 e. The highest BCUT2D eigenvalue weighted by atomic mass is 32.2. The smallest absolute Gasteiger partial charge is 0.263 e. The predicted molar refractivity (Wildman–Crippen MR) is 127 cm³/mol. The van der Waals surface area contributed by atoms with Gasteiger partial charge in [0, 0.05) is 24.0 Å². The van der Waals surface area contributed by atoms with Crippen molar-refractivity contribution in [2.75, 3.05) is 13.1 Å². The van der Waals surface area contributed by atoms with Crippen molar-refractivity contribution < 1.29 is 4.79 Å². The van der Waals surface area contributed by atoms with Gasteiger partial charge < -0.3 is 4.90 Å². The fourth-order valence-corrected chi connectivity index (χ4v) is 5.90. The highest BCUT2D eigenvalue weighted by Gasteiger charge is 2.29. The Bertz CT molecular complexity index is 1100. The number of amides is 1. The van der Waals surface area contributed by atoms with Crippen LogP contribution in [0.1, 0.15) is 55.0 Å². The number of aryl methyl sites for hydroxylation is 2. The molecule has 160 valence electrons. The maximum atomic E-state index is 13.4. The molecule has 0 saturated heterocycles. The summed E-state index contributed by atoms with van der Waals surface area (Å²) in [6.45, 7) is 13.2. The lowest BCUT2D eigenvalue weighted by Crippen LogP contribution is -2.34. The standard InChI is InChI=1S/C23H29N3O2S2/c1-7-25(8-2)22(28)19(17-12-10-9-11-13-17)30-23-24-20-18(15(5)16(6)29-20)21(27)26(23)14(3)4/h9-14,19H,7-8H2,1-6H3. The van der Waals surface area contributed by atoms with E-state index >= 15 is 0 Å². The van der Waals surface area contributed by atoms with Crippen molar-refractivity contribution >= 4 is 39.2 Å². The van der Waals surface area contributed by atoms with Crippen LogP contribution in [0.25, 0.3) is 10.2 Å². The normalized spacial score (nSPS) is 12.5. The molecule has 1 amide bonds. The third kappa shape index (κ3) is 4.18. The van der Waals surface area contributed by atoms with Gasteiger partial charge in [0.05, 0.1) is 5.39 Å². The molecular formula is C23H29N3O2S2. The summed E-state index contributed by atoms with van der Waals surface area (Å²) in [5, 5.41) is 0.836. The van der Waals surface area contributed by atoms with E-state index in [-0.39, 0.29) is 17.5 Å². The van der Waals surface area contributed by atoms with Gasteiger partial charge in [-0.05, 0) is 52.7 Å². The molecule has 0 saturated carbocycles. The van der Waals surface area contributed by atoms with Gasteiger partial charge in [0.2, 0.25) is 5.91 Å². The lowest BCUT2D eigenvalue weighted by molar-refractivity contribution is -0.130. The second kappa shape index (κ2) is 9.35. The second-order valence-corrected chi connectivity index (χ2v) is 9.82. The first kappa shape index (κ1) is 22.6. The van der Waals surface area contributed by atoms with Crippen LogP contribution in [0.2, 0.25) is 0 Å². The van der Waals surface area contributed by atoms with Crippen molar-refractivity contribution in [2.24, 2.45) is 0 Å². The van der Waals surface area contributed by atoms with Gasteiger partial charge in [0.1, 0.15) is 10.1 Å². The number of fused-ring (bicyclic) bond motifs is 1. The molecule has 1 aromatic carbocycles. The van der Waals surface area contributed by atoms with E-state index in [1.165, 1.54) is 11.8 Å². The average molecular weight is 444 g/mol. The number of carbonyl (C=O) groups is 1. The summed E-state index contributed by atoms with van der Waals surface area (Å²) in [5.41, 5.74) is 1.89. The van der Waals surface area contributed by atoms with Gasteiger partial charge in [0.25, 0.3) is 5.56 Å². The molecule has 2 aromatic heterocycles. The second-order valence-electron chi connectivity index (χ2n) is 7.55. The number of aromatic nitrogens is 2. The molecule has 2 heterocycles. The minimum absolute atomic E-state index is 0.0264. The van der Waals surface area contributed by atoms with E-state index < -0.39 is 5.25 Å². The van der Waals surface area contributed by atoms with Crippen LogP contribution < -0.4 is 5.56 Å². The van der Waals surface area contributed by atoms with Crippen LogP contribution in [0, 0.1) is 13.8 Å². The highest BCUT2D eigenvalue weighted by molar-refractivity contribution is 8.00. The summed E-state index contributed by atoms with van der Waals surface area (Å²) in [6.07, 6.45) is 0. The van der Waals surface area contributed by atoms with Crippen molar-refractivity contribution in [3.8, 4) is 0 Å². The van der Waals surface area contributed by atoms with E-state index in [0.29, 0.717) is 23.6 Å². The Morgan fingerprint density at radius 3 is 2.37 bits per heavy atom. The zero-order chi connectivity index (χ0) is 22.0. The van der Waals surface area contributed by atoms with Gasteiger partial charge in [-0.1, -0.05) is 42.1 Å². The Kier molecular flexibility index (Phi) is 7.03. The zero-order valence-electron chi connectivity index (χ0n) is 18.4. The third-order valence-corrected chi connectivity index (χ3v) is 7.65. The molecule has 0 spiro atoms. The molecule has 0 aliphatic heterocycles. The molecule has 0 radical (unpaired) electrons. The van der Waals surface area contributed by atoms with E-state index in [1.807, 2.05) is 76.8 Å². The van der Waals surface area contributed by atoms with Crippen molar-refractivity contribution in [2.45, 2.75) is 58.0 Å². The summed E-state index contributed by atoms with van der Waals surface area (Å²) in [5.74, 6) is 0.0411. The number of hydrogen-bond donors (Lipinski definition) is 0. The van der Waals surface area contributed by atoms with Gasteiger partial charge in [-0.25, -0.2) is 4.98 Å². The lowest BCUT2D eigenvalue weighted by atomic mass is 10.1. The maximum Gasteiger partial charge on any atom is 0.263 e. The summed E-state index contributed by atoms with van der Waals surface area (Å²) in [6, 6.07) is 9.70. The lowest BCUT2D eigenvalue weighted by Gasteiger charge is -2.26. The maximum absolute atomic E-state index is 13.4. The fourth-order valence-electron chi connectivity index (χ4n) is 3.52. The van der Waals surface area contributed by atoms with Crippen molar-refractivity contribution in [3.63, 3.8) is 0 Å². The molecule has 0 N–H and O–H groups in total. The van der Waals surface area contributed by atoms with Gasteiger partial charge >= 0.3 is 0 Å². The van der Waals surface area contributed by atoms with E-state index in [2.05, 4.69) is 0 Å². The number of likely N-dealkylation sites (N-methyl/N-ethyl adjacent to an activating group) is 1. The topological polar surface area (TPSA) is 55.2 Å². The van der Waals surface area contributed by atoms with Crippen LogP contribution in [0.3, 0.4) is 0 Å². The number of nitrogens with zero attached hydrogens (tertiary/aromatic N) is 3. The molecule has 3 aromatic rings. The van der Waals surface area contributed by atoms with Crippen LogP contribution in [0.5, 0.6) is 0 Å². The fraction of sp³-hybridized carbons (Fsp3) is 0.435. The van der Waals surface area contributed by atoms with E-state index in [9.17, 15) is 9.59 Å². The Morgan fingerprint density at radius 2 is 1.80 bits per heavy atom. The van der Waals surface area contributed by atoms with Gasteiger partial charge in [0.15, 0.2) is 5.16 Å². The van der Waals surface area contributed by atoms with Crippen LogP contribution in [0.15, 0.2) is 40.3 Å². The first-order chi connectivity index (χ1) is 14.3. The van der Waals surface area contributed by atoms with Crippen molar-refractivity contribution in [3.05, 3.63) is 56.7 Å². The molecule has 3 rings (SSSR count). The van der Waals surface area contributed by atoms with Crippen LogP contribution >= 0.6 is 23.1 Å². The largest absolute Gasteiger partial charge is 0.342 e. The minimum atomic E-state index is -0.456. The summed E-state index contributed by atoms with van der Waals surface area (Å²) >= 11 is 2.92. The molecular weight excluding hydrogens is 414 g/mol. The molecule has 0 bridgehead atoms. The Hall–Kier alpha value is -2.12. The number of thioether (sulfide) groups is 1. The molecule has 0 aliphatic carbocycles. The predicted octanol–water partition coefficient (Wildman–Crippen LogP) is 5.36. The monoisotopic (exact) mass is 443 g/mol. The number of thiophene rings is 1. The third-order valence-electron chi connectivity index (χ3n) is 5.34. The van der Waals surface area contributed by atoms with Crippen LogP contribution in [-0.4, -0.2) is 33.4 Å². The Labute approximate surface area is 186 Å². The first-order valence-corrected chi connectivity index (χ1v) is 12.0. The summed E-state index contributed by atoms with van der Waals surface area (Å²) in [7, 11) is 0. The van der Waals surface area contributed by atoms with E-state index in [0.717, 1.165) is 20.8 Å². The average Bonchev–Trinajstić information content (AvgIpc) is 3.01. The molecule has 0 fully saturated rings. The van der Waals surface area contributed by atoms with E-state index in [1.54, 1.807) is 15.9 Å². The van der Waals surface area contributed by atoms with Crippen LogP contribution in [0.4, 0.5) is 0 Å². The molecule has 1 atom stereocenters. The Morgan fingerprint density at radius 1 is 1.17 bits per heavy atom. The van der Waals surface area contributed by atoms with Gasteiger partial charge in [-0.2, -0.15) is 0 Å². The SMILES string of the molecule is CCN(CC)C(=O)C(Sc1nc2sc(C)c(C)c2c(=O)n1C(C)C)c1ccccc1. The summed E-state index contributed by atoms with van der Waals surface area (Å²) < 4.78 is 1.73. The number of carbonyl (C=O) groups excluding carboxylic acids is 1. The molecule has 5 nitrogen and oxygen atoms in total. The molecule has 7 heteroatoms. The number of benzene rings is 1. The number of hydrogen-bond acceptors (Lipinski definition) is 5. The van der Waals surface area contributed by atoms with Crippen LogP contribution in [-0.2, 0) is 4.79 Å². The van der Waals surface area contributed by atoms with E-state index in [4.69, 9.17) is 4.98 Å². The zero-order valence-corrected chi connectivity index (χ0v) is 20.1. The summed E-state index contributed by atoms with van der Waals surface area (Å²) in [4.78, 5) is 35.3.